The van der Waals surface area contributed by atoms with Crippen LogP contribution in [0.25, 0.3) is 0 Å². The molecule has 1 fully saturated rings. The van der Waals surface area contributed by atoms with Crippen molar-refractivity contribution in [2.24, 2.45) is 0 Å². The number of rotatable bonds is 8. The molecule has 2 aromatic rings. The fraction of sp³-hybridized carbons (Fsp3) is 0.435. The molecule has 0 unspecified atom stereocenters. The minimum Gasteiger partial charge on any atom is -0.357 e. The second-order valence-electron chi connectivity index (χ2n) is 7.81. The van der Waals surface area contributed by atoms with Gasteiger partial charge in [-0.05, 0) is 62.6 Å². The summed E-state index contributed by atoms with van der Waals surface area (Å²) in [5.74, 6) is -0.731. The van der Waals surface area contributed by atoms with Crippen LogP contribution in [0.15, 0.2) is 47.5 Å². The van der Waals surface area contributed by atoms with Crippen molar-refractivity contribution in [1.82, 2.24) is 10.3 Å². The van der Waals surface area contributed by atoms with E-state index in [-0.39, 0.29) is 16.7 Å². The molecule has 0 spiro atoms. The van der Waals surface area contributed by atoms with E-state index in [9.17, 15) is 18.0 Å². The number of amides is 2. The van der Waals surface area contributed by atoms with Gasteiger partial charge in [0.2, 0.25) is 0 Å². The molecule has 2 amide bonds. The summed E-state index contributed by atoms with van der Waals surface area (Å²) in [6.07, 6.45) is 4.92. The molecule has 2 N–H and O–H groups in total. The van der Waals surface area contributed by atoms with Crippen LogP contribution in [0.5, 0.6) is 0 Å². The largest absolute Gasteiger partial charge is 0.357 e. The predicted octanol–water partition coefficient (Wildman–Crippen LogP) is 2.90. The molecular formula is C23H30N4O4S. The number of pyridine rings is 1. The predicted molar refractivity (Wildman–Crippen MR) is 124 cm³/mol. The maximum absolute atomic E-state index is 12.6. The molecule has 0 atom stereocenters. The Morgan fingerprint density at radius 1 is 1.00 bits per heavy atom. The molecule has 1 heterocycles. The Bertz CT molecular complexity index is 1030. The highest BCUT2D eigenvalue weighted by molar-refractivity contribution is 7.92. The fourth-order valence-electron chi connectivity index (χ4n) is 3.83. The molecule has 0 bridgehead atoms. The van der Waals surface area contributed by atoms with Crippen LogP contribution in [0, 0.1) is 0 Å². The number of hydrogen-bond acceptors (Lipinski definition) is 6. The Balaban J connectivity index is 1.52. The number of carbonyl (C=O) groups excluding carboxylic acids is 2. The van der Waals surface area contributed by atoms with Crippen molar-refractivity contribution in [1.29, 1.82) is 0 Å². The van der Waals surface area contributed by atoms with Crippen LogP contribution in [-0.2, 0) is 26.0 Å². The van der Waals surface area contributed by atoms with Crippen molar-refractivity contribution < 1.29 is 18.0 Å². The number of hydrogen-bond donors (Lipinski definition) is 2. The topological polar surface area (TPSA) is 108 Å². The number of aromatic nitrogens is 1. The van der Waals surface area contributed by atoms with E-state index in [1.54, 1.807) is 6.20 Å². The van der Waals surface area contributed by atoms with Gasteiger partial charge in [0.1, 0.15) is 5.82 Å². The lowest BCUT2D eigenvalue weighted by Crippen LogP contribution is -2.35. The Hall–Kier alpha value is -2.94. The van der Waals surface area contributed by atoms with E-state index in [1.165, 1.54) is 24.3 Å². The van der Waals surface area contributed by atoms with E-state index >= 15 is 0 Å². The number of carbonyl (C=O) groups is 2. The van der Waals surface area contributed by atoms with Gasteiger partial charge < -0.3 is 15.5 Å². The normalized spacial score (nSPS) is 14.2. The molecule has 0 aliphatic heterocycles. The van der Waals surface area contributed by atoms with Crippen LogP contribution in [0.3, 0.4) is 0 Å². The zero-order valence-corrected chi connectivity index (χ0v) is 19.3. The van der Waals surface area contributed by atoms with Gasteiger partial charge in [0.25, 0.3) is 0 Å². The number of anilines is 2. The molecule has 0 radical (unpaired) electrons. The second kappa shape index (κ2) is 10.6. The number of sulfone groups is 1. The molecule has 32 heavy (non-hydrogen) atoms. The van der Waals surface area contributed by atoms with Crippen molar-refractivity contribution in [3.63, 3.8) is 0 Å². The minimum absolute atomic E-state index is 0.177. The maximum Gasteiger partial charge on any atom is 0.313 e. The van der Waals surface area contributed by atoms with Crippen molar-refractivity contribution >= 4 is 33.2 Å². The van der Waals surface area contributed by atoms with Crippen molar-refractivity contribution in [3.05, 3.63) is 48.2 Å². The maximum atomic E-state index is 12.6. The smallest absolute Gasteiger partial charge is 0.313 e. The molecule has 3 rings (SSSR count). The van der Waals surface area contributed by atoms with Crippen LogP contribution in [0.2, 0.25) is 0 Å². The lowest BCUT2D eigenvalue weighted by Gasteiger charge is -2.19. The van der Waals surface area contributed by atoms with E-state index in [2.05, 4.69) is 34.4 Å². The average molecular weight is 459 g/mol. The lowest BCUT2D eigenvalue weighted by molar-refractivity contribution is -0.136. The quantitative estimate of drug-likeness (QED) is 0.589. The monoisotopic (exact) mass is 458 g/mol. The van der Waals surface area contributed by atoms with Crippen LogP contribution >= 0.6 is 0 Å². The summed E-state index contributed by atoms with van der Waals surface area (Å²) < 4.78 is 25.3. The number of benzene rings is 1. The first-order valence-corrected chi connectivity index (χ1v) is 12.5. The van der Waals surface area contributed by atoms with Crippen molar-refractivity contribution in [2.75, 3.05) is 23.3 Å². The first kappa shape index (κ1) is 23.7. The lowest BCUT2D eigenvalue weighted by atomic mass is 10.2. The van der Waals surface area contributed by atoms with Gasteiger partial charge in [0.05, 0.1) is 10.1 Å². The Labute approximate surface area is 189 Å². The van der Waals surface area contributed by atoms with E-state index < -0.39 is 21.7 Å². The van der Waals surface area contributed by atoms with Crippen molar-refractivity contribution in [3.8, 4) is 0 Å². The highest BCUT2D eigenvalue weighted by Gasteiger charge is 2.30. The Morgan fingerprint density at radius 3 is 2.22 bits per heavy atom. The first-order chi connectivity index (χ1) is 15.3. The van der Waals surface area contributed by atoms with Gasteiger partial charge in [-0.1, -0.05) is 18.9 Å². The van der Waals surface area contributed by atoms with Crippen LogP contribution in [0.4, 0.5) is 11.5 Å². The first-order valence-electron chi connectivity index (χ1n) is 11.0. The van der Waals surface area contributed by atoms with E-state index in [4.69, 9.17) is 0 Å². The molecule has 1 aliphatic rings. The summed E-state index contributed by atoms with van der Waals surface area (Å²) in [6.45, 7) is 6.00. The molecule has 1 aromatic heterocycles. The van der Waals surface area contributed by atoms with Gasteiger partial charge in [-0.15, -0.1) is 0 Å². The highest BCUT2D eigenvalue weighted by atomic mass is 32.2. The van der Waals surface area contributed by atoms with E-state index in [0.29, 0.717) is 18.5 Å². The third-order valence-electron chi connectivity index (χ3n) is 5.74. The molecule has 8 nitrogen and oxygen atoms in total. The summed E-state index contributed by atoms with van der Waals surface area (Å²) in [5, 5.41) is 4.74. The van der Waals surface area contributed by atoms with E-state index in [0.717, 1.165) is 37.3 Å². The summed E-state index contributed by atoms with van der Waals surface area (Å²) in [6, 6.07) is 9.71. The van der Waals surface area contributed by atoms with Crippen molar-refractivity contribution in [2.45, 2.75) is 56.2 Å². The molecule has 1 saturated carbocycles. The standard InChI is InChI=1S/C23H30N4O4S/c1-3-27(4-2)21-14-9-17(15-24-21)16-25-22(28)23(29)26-18-10-12-20(13-11-18)32(30,31)19-7-5-6-8-19/h9-15,19H,3-8,16H2,1-2H3,(H,25,28)(H,26,29). The zero-order valence-electron chi connectivity index (χ0n) is 18.5. The molecule has 0 saturated heterocycles. The van der Waals surface area contributed by atoms with Gasteiger partial charge >= 0.3 is 11.8 Å². The third kappa shape index (κ3) is 5.64. The minimum atomic E-state index is -3.35. The van der Waals surface area contributed by atoms with Gasteiger partial charge in [-0.2, -0.15) is 0 Å². The Morgan fingerprint density at radius 2 is 1.66 bits per heavy atom. The van der Waals surface area contributed by atoms with Crippen LogP contribution in [0.1, 0.15) is 45.1 Å². The fourth-order valence-corrected chi connectivity index (χ4v) is 5.68. The van der Waals surface area contributed by atoms with Gasteiger partial charge in [0, 0.05) is 31.5 Å². The SMILES string of the molecule is CCN(CC)c1ccc(CNC(=O)C(=O)Nc2ccc(S(=O)(=O)C3CCCC3)cc2)cn1. The summed E-state index contributed by atoms with van der Waals surface area (Å²) in [5.41, 5.74) is 1.14. The van der Waals surface area contributed by atoms with Gasteiger partial charge in [0.15, 0.2) is 9.84 Å². The highest BCUT2D eigenvalue weighted by Crippen LogP contribution is 2.30. The van der Waals surface area contributed by atoms with E-state index in [1.807, 2.05) is 12.1 Å². The molecular weight excluding hydrogens is 428 g/mol. The Kier molecular flexibility index (Phi) is 7.84. The molecule has 1 aromatic carbocycles. The van der Waals surface area contributed by atoms with Crippen LogP contribution in [-0.4, -0.2) is 43.6 Å². The molecule has 172 valence electrons. The summed E-state index contributed by atoms with van der Waals surface area (Å²) in [7, 11) is -3.35. The summed E-state index contributed by atoms with van der Waals surface area (Å²) >= 11 is 0. The van der Waals surface area contributed by atoms with Gasteiger partial charge in [-0.3, -0.25) is 9.59 Å². The number of nitrogens with one attached hydrogen (secondary N) is 2. The average Bonchev–Trinajstić information content (AvgIpc) is 3.35. The van der Waals surface area contributed by atoms with Crippen LogP contribution < -0.4 is 15.5 Å². The molecule has 1 aliphatic carbocycles. The summed E-state index contributed by atoms with van der Waals surface area (Å²) in [4.78, 5) is 31.1. The molecule has 9 heteroatoms. The second-order valence-corrected chi connectivity index (χ2v) is 10.0. The third-order valence-corrected chi connectivity index (χ3v) is 8.02. The zero-order chi connectivity index (χ0) is 23.1. The van der Waals surface area contributed by atoms with Gasteiger partial charge in [-0.25, -0.2) is 13.4 Å². The number of nitrogens with zero attached hydrogens (tertiary/aromatic N) is 2.